The summed E-state index contributed by atoms with van der Waals surface area (Å²) in [5.41, 5.74) is 2.18. The molecule has 32 heavy (non-hydrogen) atoms. The summed E-state index contributed by atoms with van der Waals surface area (Å²) in [6.45, 7) is 2.11. The Kier molecular flexibility index (Phi) is 7.59. The number of anilines is 2. The van der Waals surface area contributed by atoms with E-state index in [0.717, 1.165) is 0 Å². The van der Waals surface area contributed by atoms with E-state index >= 15 is 0 Å². The van der Waals surface area contributed by atoms with Crippen LogP contribution in [0.15, 0.2) is 78.9 Å². The van der Waals surface area contributed by atoms with Crippen molar-refractivity contribution in [2.75, 3.05) is 30.8 Å². The van der Waals surface area contributed by atoms with Gasteiger partial charge in [-0.1, -0.05) is 18.2 Å². The van der Waals surface area contributed by atoms with Gasteiger partial charge in [-0.25, -0.2) is 0 Å². The van der Waals surface area contributed by atoms with Crippen molar-refractivity contribution in [1.29, 1.82) is 0 Å². The molecule has 0 aromatic heterocycles. The second kappa shape index (κ2) is 10.8. The highest BCUT2D eigenvalue weighted by Crippen LogP contribution is 2.16. The summed E-state index contributed by atoms with van der Waals surface area (Å²) in [4.78, 5) is 39.0. The molecule has 0 aliphatic heterocycles. The van der Waals surface area contributed by atoms with Gasteiger partial charge < -0.3 is 20.3 Å². The molecule has 0 heterocycles. The molecule has 0 spiro atoms. The van der Waals surface area contributed by atoms with Crippen LogP contribution in [0.2, 0.25) is 0 Å². The molecule has 3 amide bonds. The number of carbonyl (C=O) groups is 3. The number of nitrogens with one attached hydrogen (secondary N) is 2. The van der Waals surface area contributed by atoms with Crippen LogP contribution in [0, 0.1) is 0 Å². The number of likely N-dealkylation sites (N-methyl/N-ethyl adjacent to an activating group) is 1. The number of hydrogen-bond donors (Lipinski definition) is 2. The first-order valence-electron chi connectivity index (χ1n) is 10.2. The molecular weight excluding hydrogens is 406 g/mol. The zero-order valence-corrected chi connectivity index (χ0v) is 18.0. The molecule has 164 valence electrons. The van der Waals surface area contributed by atoms with Crippen LogP contribution in [0.3, 0.4) is 0 Å². The molecule has 2 N–H and O–H groups in total. The van der Waals surface area contributed by atoms with E-state index in [-0.39, 0.29) is 24.3 Å². The summed E-state index contributed by atoms with van der Waals surface area (Å²) in [7, 11) is 1.57. The Labute approximate surface area is 187 Å². The number of ether oxygens (including phenoxy) is 1. The van der Waals surface area contributed by atoms with Gasteiger partial charge in [-0.05, 0) is 67.6 Å². The molecule has 3 aromatic rings. The fraction of sp³-hybridized carbons (Fsp3) is 0.160. The van der Waals surface area contributed by atoms with Gasteiger partial charge in [-0.2, -0.15) is 0 Å². The van der Waals surface area contributed by atoms with Crippen molar-refractivity contribution in [2.24, 2.45) is 0 Å². The number of amides is 3. The Morgan fingerprint density at radius 3 is 1.97 bits per heavy atom. The van der Waals surface area contributed by atoms with Crippen molar-refractivity contribution in [3.63, 3.8) is 0 Å². The van der Waals surface area contributed by atoms with Gasteiger partial charge in [0.1, 0.15) is 12.3 Å². The molecular formula is C25H25N3O4. The first kappa shape index (κ1) is 22.6. The van der Waals surface area contributed by atoms with E-state index in [1.54, 1.807) is 79.9 Å². The quantitative estimate of drug-likeness (QED) is 0.563. The van der Waals surface area contributed by atoms with Crippen LogP contribution in [0.25, 0.3) is 0 Å². The maximum Gasteiger partial charge on any atom is 0.255 e. The minimum absolute atomic E-state index is 0.0755. The lowest BCUT2D eigenvalue weighted by molar-refractivity contribution is -0.116. The maximum absolute atomic E-state index is 12.8. The van der Waals surface area contributed by atoms with Crippen LogP contribution in [-0.2, 0) is 4.79 Å². The predicted molar refractivity (Wildman–Crippen MR) is 124 cm³/mol. The highest BCUT2D eigenvalue weighted by atomic mass is 16.5. The second-order valence-electron chi connectivity index (χ2n) is 6.99. The average Bonchev–Trinajstić information content (AvgIpc) is 2.83. The van der Waals surface area contributed by atoms with Crippen molar-refractivity contribution in [1.82, 2.24) is 4.90 Å². The third kappa shape index (κ3) is 5.95. The van der Waals surface area contributed by atoms with Gasteiger partial charge in [-0.3, -0.25) is 14.4 Å². The summed E-state index contributed by atoms with van der Waals surface area (Å²) in [5.74, 6) is -0.0951. The zero-order valence-electron chi connectivity index (χ0n) is 18.0. The Morgan fingerprint density at radius 2 is 1.38 bits per heavy atom. The lowest BCUT2D eigenvalue weighted by atomic mass is 10.1. The third-order valence-electron chi connectivity index (χ3n) is 4.80. The van der Waals surface area contributed by atoms with E-state index in [1.807, 2.05) is 13.0 Å². The summed E-state index contributed by atoms with van der Waals surface area (Å²) in [6.07, 6.45) is 0. The number of methoxy groups -OCH3 is 1. The molecule has 0 atom stereocenters. The Hall–Kier alpha value is -4.13. The van der Waals surface area contributed by atoms with Crippen molar-refractivity contribution >= 4 is 29.1 Å². The first-order chi connectivity index (χ1) is 15.5. The number of benzene rings is 3. The van der Waals surface area contributed by atoms with E-state index in [2.05, 4.69) is 10.6 Å². The van der Waals surface area contributed by atoms with E-state index in [4.69, 9.17) is 4.74 Å². The van der Waals surface area contributed by atoms with Crippen LogP contribution < -0.4 is 15.4 Å². The number of hydrogen-bond acceptors (Lipinski definition) is 4. The van der Waals surface area contributed by atoms with Gasteiger partial charge in [-0.15, -0.1) is 0 Å². The molecule has 0 saturated carbocycles. The fourth-order valence-corrected chi connectivity index (χ4v) is 3.05. The molecule has 0 saturated heterocycles. The third-order valence-corrected chi connectivity index (χ3v) is 4.80. The van der Waals surface area contributed by atoms with E-state index in [9.17, 15) is 14.4 Å². The normalized spacial score (nSPS) is 10.2. The molecule has 0 aliphatic carbocycles. The summed E-state index contributed by atoms with van der Waals surface area (Å²) in [5, 5.41) is 5.57. The van der Waals surface area contributed by atoms with Gasteiger partial charge in [0, 0.05) is 29.0 Å². The Morgan fingerprint density at radius 1 is 0.781 bits per heavy atom. The smallest absolute Gasteiger partial charge is 0.255 e. The van der Waals surface area contributed by atoms with Gasteiger partial charge in [0.25, 0.3) is 11.8 Å². The molecule has 0 aliphatic rings. The number of rotatable bonds is 8. The SMILES string of the molecule is CCN(CC(=O)Nc1ccc(OC)cc1)C(=O)c1ccc(NC(=O)c2ccccc2)cc1. The number of nitrogens with zero attached hydrogens (tertiary/aromatic N) is 1. The van der Waals surface area contributed by atoms with Crippen LogP contribution in [-0.4, -0.2) is 42.8 Å². The molecule has 3 rings (SSSR count). The highest BCUT2D eigenvalue weighted by molar-refractivity contribution is 6.04. The monoisotopic (exact) mass is 431 g/mol. The van der Waals surface area contributed by atoms with Gasteiger partial charge in [0.15, 0.2) is 0 Å². The lowest BCUT2D eigenvalue weighted by Gasteiger charge is -2.20. The molecule has 7 heteroatoms. The van der Waals surface area contributed by atoms with Crippen LogP contribution in [0.4, 0.5) is 11.4 Å². The Balaban J connectivity index is 1.59. The van der Waals surface area contributed by atoms with Crippen molar-refractivity contribution in [2.45, 2.75) is 6.92 Å². The van der Waals surface area contributed by atoms with Crippen LogP contribution >= 0.6 is 0 Å². The second-order valence-corrected chi connectivity index (χ2v) is 6.99. The fourth-order valence-electron chi connectivity index (χ4n) is 3.05. The zero-order chi connectivity index (χ0) is 22.9. The van der Waals surface area contributed by atoms with Crippen molar-refractivity contribution in [3.8, 4) is 5.75 Å². The first-order valence-corrected chi connectivity index (χ1v) is 10.2. The van der Waals surface area contributed by atoms with E-state index in [0.29, 0.717) is 34.8 Å². The molecule has 0 bridgehead atoms. The van der Waals surface area contributed by atoms with Gasteiger partial charge in [0.2, 0.25) is 5.91 Å². The average molecular weight is 431 g/mol. The Bertz CT molecular complexity index is 1060. The minimum atomic E-state index is -0.294. The molecule has 0 fully saturated rings. The highest BCUT2D eigenvalue weighted by Gasteiger charge is 2.18. The van der Waals surface area contributed by atoms with E-state index in [1.165, 1.54) is 4.90 Å². The number of carbonyl (C=O) groups excluding carboxylic acids is 3. The largest absolute Gasteiger partial charge is 0.497 e. The van der Waals surface area contributed by atoms with Crippen LogP contribution in [0.1, 0.15) is 27.6 Å². The standard InChI is InChI=1S/C25H25N3O4/c1-3-28(17-23(29)26-20-13-15-22(32-2)16-14-20)25(31)19-9-11-21(12-10-19)27-24(30)18-7-5-4-6-8-18/h4-16H,3,17H2,1-2H3,(H,26,29)(H,27,30). The topological polar surface area (TPSA) is 87.7 Å². The minimum Gasteiger partial charge on any atom is -0.497 e. The van der Waals surface area contributed by atoms with Gasteiger partial charge in [0.05, 0.1) is 7.11 Å². The lowest BCUT2D eigenvalue weighted by Crippen LogP contribution is -2.37. The molecule has 7 nitrogen and oxygen atoms in total. The molecule has 0 radical (unpaired) electrons. The summed E-state index contributed by atoms with van der Waals surface area (Å²) >= 11 is 0. The molecule has 0 unspecified atom stereocenters. The molecule has 3 aromatic carbocycles. The summed E-state index contributed by atoms with van der Waals surface area (Å²) < 4.78 is 5.10. The summed E-state index contributed by atoms with van der Waals surface area (Å²) in [6, 6.07) is 22.4. The van der Waals surface area contributed by atoms with Crippen LogP contribution in [0.5, 0.6) is 5.75 Å². The maximum atomic E-state index is 12.8. The van der Waals surface area contributed by atoms with Crippen molar-refractivity contribution in [3.05, 3.63) is 90.0 Å². The van der Waals surface area contributed by atoms with Crippen molar-refractivity contribution < 1.29 is 19.1 Å². The van der Waals surface area contributed by atoms with E-state index < -0.39 is 0 Å². The predicted octanol–water partition coefficient (Wildman–Crippen LogP) is 4.05. The van der Waals surface area contributed by atoms with Gasteiger partial charge >= 0.3 is 0 Å².